The average Bonchev–Trinajstić information content (AvgIpc) is 3.40. The Morgan fingerprint density at radius 2 is 1.68 bits per heavy atom. The van der Waals surface area contributed by atoms with Crippen LogP contribution >= 0.6 is 11.5 Å². The van der Waals surface area contributed by atoms with Crippen LogP contribution in [0.15, 0.2) is 41.5 Å². The number of benzene rings is 2. The number of halogens is 1. The fraction of sp³-hybridized carbons (Fsp3) is 0.320. The van der Waals surface area contributed by atoms with Gasteiger partial charge < -0.3 is 53.9 Å². The van der Waals surface area contributed by atoms with E-state index in [9.17, 15) is 4.79 Å². The smallest absolute Gasteiger partial charge is 0.282 e. The van der Waals surface area contributed by atoms with Gasteiger partial charge in [-0.25, -0.2) is 0 Å². The van der Waals surface area contributed by atoms with E-state index in [0.29, 0.717) is 48.1 Å². The summed E-state index contributed by atoms with van der Waals surface area (Å²) in [6.45, 7) is 0.440. The Morgan fingerprint density at radius 3 is 2.26 bits per heavy atom. The molecule has 3 rings (SSSR count). The number of anilines is 1. The summed E-state index contributed by atoms with van der Waals surface area (Å²) in [5, 5.41) is 2.94. The number of amides is 1. The Morgan fingerprint density at radius 1 is 1.03 bits per heavy atom. The molecule has 8 N–H and O–H groups in total. The van der Waals surface area contributed by atoms with Gasteiger partial charge in [-0.2, -0.15) is 4.37 Å². The molecule has 2 aromatic carbocycles. The molecule has 0 aliphatic carbocycles. The molecule has 3 aromatic rings. The number of hydrogen-bond donors (Lipinski definition) is 4. The number of quaternary nitrogens is 1. The van der Waals surface area contributed by atoms with E-state index in [4.69, 9.17) is 30.4 Å². The van der Waals surface area contributed by atoms with E-state index in [0.717, 1.165) is 21.6 Å². The zero-order valence-electron chi connectivity index (χ0n) is 21.7. The number of carbonyl (C=O) groups excluding carboxylic acids is 1. The van der Waals surface area contributed by atoms with Crippen molar-refractivity contribution in [1.29, 1.82) is 0 Å². The van der Waals surface area contributed by atoms with Crippen LogP contribution in [0.5, 0.6) is 23.0 Å². The van der Waals surface area contributed by atoms with Crippen LogP contribution in [-0.2, 0) is 4.79 Å². The second-order valence-electron chi connectivity index (χ2n) is 8.03. The van der Waals surface area contributed by atoms with Gasteiger partial charge in [-0.05, 0) is 47.8 Å². The maximum Gasteiger partial charge on any atom is 0.282 e. The van der Waals surface area contributed by atoms with Crippen molar-refractivity contribution in [1.82, 2.24) is 4.37 Å². The third-order valence-corrected chi connectivity index (χ3v) is 6.49. The van der Waals surface area contributed by atoms with Gasteiger partial charge in [0.1, 0.15) is 5.75 Å². The van der Waals surface area contributed by atoms with E-state index in [1.165, 1.54) is 11.5 Å². The normalized spacial score (nSPS) is 11.1. The summed E-state index contributed by atoms with van der Waals surface area (Å²) in [6.07, 6.45) is 2.95. The average molecular weight is 565 g/mol. The number of rotatable bonds is 12. The van der Waals surface area contributed by atoms with Crippen LogP contribution in [-0.4, -0.2) is 57.3 Å². The third kappa shape index (κ3) is 7.18. The molecule has 0 unspecified atom stereocenters. The van der Waals surface area contributed by atoms with Gasteiger partial charge in [-0.15, -0.1) is 0 Å². The van der Waals surface area contributed by atoms with Crippen molar-refractivity contribution in [3.63, 3.8) is 0 Å². The van der Waals surface area contributed by atoms with Crippen molar-refractivity contribution < 1.29 is 41.9 Å². The van der Waals surface area contributed by atoms with Gasteiger partial charge in [-0.1, -0.05) is 6.07 Å². The quantitative estimate of drug-likeness (QED) is 0.125. The van der Waals surface area contributed by atoms with E-state index in [1.807, 2.05) is 24.3 Å². The molecular formula is C25H33ClN6O5S. The van der Waals surface area contributed by atoms with Gasteiger partial charge in [0.25, 0.3) is 5.91 Å². The Labute approximate surface area is 231 Å². The Kier molecular flexibility index (Phi) is 11.4. The number of nitrogens with zero attached hydrogens (tertiary/aromatic N) is 2. The van der Waals surface area contributed by atoms with Crippen LogP contribution in [0.25, 0.3) is 21.6 Å². The van der Waals surface area contributed by atoms with Crippen LogP contribution in [0.3, 0.4) is 0 Å². The van der Waals surface area contributed by atoms with Crippen molar-refractivity contribution in [3.05, 3.63) is 36.5 Å². The largest absolute Gasteiger partial charge is 1.00 e. The minimum absolute atomic E-state index is 0. The molecule has 11 nitrogen and oxygen atoms in total. The maximum absolute atomic E-state index is 12.8. The van der Waals surface area contributed by atoms with Gasteiger partial charge in [0, 0.05) is 30.3 Å². The van der Waals surface area contributed by atoms with E-state index < -0.39 is 6.04 Å². The lowest BCUT2D eigenvalue weighted by molar-refractivity contribution is -0.403. The first-order valence-corrected chi connectivity index (χ1v) is 12.2. The standard InChI is InChI=1S/C25H32N6O5S.ClH/c1-33-19-8-7-14(10-18(19)31-24(32)17(26)6-5-9-29-25(27)28)16-13-30-37-23(16)15-11-20(34-2)22(36-4)21(12-15)35-3;/h7-8,10-13,17H,5-6,9,26H2,1-4H3,(H,31,32)(H4,27,28,29);1H/t17-;/m0./s1. The van der Waals surface area contributed by atoms with Crippen molar-refractivity contribution in [2.45, 2.75) is 18.9 Å². The predicted molar refractivity (Wildman–Crippen MR) is 144 cm³/mol. The lowest BCUT2D eigenvalue weighted by Gasteiger charge is -2.15. The lowest BCUT2D eigenvalue weighted by Crippen LogP contribution is -3.00. The fourth-order valence-electron chi connectivity index (χ4n) is 3.75. The van der Waals surface area contributed by atoms with Crippen molar-refractivity contribution in [3.8, 4) is 44.6 Å². The van der Waals surface area contributed by atoms with Crippen LogP contribution in [0.4, 0.5) is 5.69 Å². The van der Waals surface area contributed by atoms with Gasteiger partial charge in [0.05, 0.1) is 39.0 Å². The first-order chi connectivity index (χ1) is 17.8. The van der Waals surface area contributed by atoms with E-state index in [-0.39, 0.29) is 24.3 Å². The van der Waals surface area contributed by atoms with Crippen molar-refractivity contribution >= 4 is 29.1 Å². The third-order valence-electron chi connectivity index (χ3n) is 5.64. The van der Waals surface area contributed by atoms with Gasteiger partial charge in [-0.3, -0.25) is 9.79 Å². The number of hydrogen-bond acceptors (Lipinski definition) is 8. The minimum atomic E-state index is -0.486. The number of methoxy groups -OCH3 is 4. The number of nitrogens with one attached hydrogen (secondary N) is 1. The van der Waals surface area contributed by atoms with Crippen LogP contribution in [0.1, 0.15) is 12.8 Å². The fourth-order valence-corrected chi connectivity index (χ4v) is 4.51. The second kappa shape index (κ2) is 14.3. The summed E-state index contributed by atoms with van der Waals surface area (Å²) in [7, 11) is 6.26. The molecule has 1 atom stereocenters. The number of nitrogens with two attached hydrogens (primary N) is 2. The molecule has 0 aliphatic rings. The Balaban J connectivity index is 0.00000507. The highest BCUT2D eigenvalue weighted by Gasteiger charge is 2.21. The van der Waals surface area contributed by atoms with E-state index in [2.05, 4.69) is 20.4 Å². The molecule has 1 aromatic heterocycles. The lowest BCUT2D eigenvalue weighted by atomic mass is 10.0. The van der Waals surface area contributed by atoms with Crippen LogP contribution < -0.4 is 53.9 Å². The van der Waals surface area contributed by atoms with E-state index >= 15 is 0 Å². The second-order valence-corrected chi connectivity index (χ2v) is 8.83. The Bertz CT molecular complexity index is 1240. The number of aliphatic imine (C=N–C) groups is 1. The molecule has 0 spiro atoms. The molecule has 0 saturated heterocycles. The molecule has 0 saturated carbocycles. The first kappa shape index (κ1) is 30.5. The predicted octanol–water partition coefficient (Wildman–Crippen LogP) is -0.882. The summed E-state index contributed by atoms with van der Waals surface area (Å²) in [5.74, 6) is 1.92. The number of carbonyl (C=O) groups is 1. The topological polar surface area (TPSA) is 171 Å². The van der Waals surface area contributed by atoms with E-state index in [1.54, 1.807) is 40.7 Å². The van der Waals surface area contributed by atoms with Gasteiger partial charge in [0.2, 0.25) is 5.75 Å². The number of guanidine groups is 1. The molecule has 0 bridgehead atoms. The monoisotopic (exact) mass is 564 g/mol. The highest BCUT2D eigenvalue weighted by atomic mass is 35.5. The highest BCUT2D eigenvalue weighted by molar-refractivity contribution is 7.10. The SMILES string of the molecule is COc1ccc(-c2cnsc2-c2cc(OC)c(OC)c(OC)c2)cc1NC(=O)[C@@H]([NH3+])CCCN=C(N)N.[Cl-]. The van der Waals surface area contributed by atoms with Crippen molar-refractivity contribution in [2.24, 2.45) is 16.5 Å². The molecule has 0 aliphatic heterocycles. The molecule has 0 fully saturated rings. The van der Waals surface area contributed by atoms with Crippen LogP contribution in [0, 0.1) is 0 Å². The summed E-state index contributed by atoms with van der Waals surface area (Å²) in [4.78, 5) is 17.7. The molecule has 1 amide bonds. The van der Waals surface area contributed by atoms with Crippen molar-refractivity contribution in [2.75, 3.05) is 40.3 Å². The summed E-state index contributed by atoms with van der Waals surface area (Å²) < 4.78 is 26.4. The summed E-state index contributed by atoms with van der Waals surface area (Å²) in [6, 6.07) is 8.84. The maximum atomic E-state index is 12.8. The molecular weight excluding hydrogens is 532 g/mol. The zero-order chi connectivity index (χ0) is 26.9. The molecule has 206 valence electrons. The first-order valence-electron chi connectivity index (χ1n) is 11.5. The molecule has 38 heavy (non-hydrogen) atoms. The van der Waals surface area contributed by atoms with Crippen LogP contribution in [0.2, 0.25) is 0 Å². The molecule has 0 radical (unpaired) electrons. The zero-order valence-corrected chi connectivity index (χ0v) is 23.3. The number of ether oxygens (including phenoxy) is 4. The summed E-state index contributed by atoms with van der Waals surface area (Å²) in [5.41, 5.74) is 17.8. The van der Waals surface area contributed by atoms with Gasteiger partial charge >= 0.3 is 0 Å². The Hall–Kier alpha value is -3.74. The number of aromatic nitrogens is 1. The highest BCUT2D eigenvalue weighted by Crippen LogP contribution is 2.45. The summed E-state index contributed by atoms with van der Waals surface area (Å²) >= 11 is 1.34. The van der Waals surface area contributed by atoms with Gasteiger partial charge in [0.15, 0.2) is 23.5 Å². The molecule has 1 heterocycles. The molecule has 13 heteroatoms. The minimum Gasteiger partial charge on any atom is -1.00 e.